The Bertz CT molecular complexity index is 605. The maximum Gasteiger partial charge on any atom is 0.251 e. The first-order chi connectivity index (χ1) is 9.24. The third-order valence-corrected chi connectivity index (χ3v) is 3.49. The van der Waals surface area contributed by atoms with E-state index in [9.17, 15) is 4.79 Å². The number of aryl methyl sites for hydroxylation is 1. The Morgan fingerprint density at radius 2 is 2.37 bits per heavy atom. The number of nitrogens with zero attached hydrogens (tertiary/aromatic N) is 1. The lowest BCUT2D eigenvalue weighted by Gasteiger charge is -2.22. The summed E-state index contributed by atoms with van der Waals surface area (Å²) in [6, 6.07) is 7.02. The fourth-order valence-electron chi connectivity index (χ4n) is 2.53. The zero-order chi connectivity index (χ0) is 13.2. The summed E-state index contributed by atoms with van der Waals surface area (Å²) in [5.74, 6) is -0.0975. The molecule has 1 aliphatic carbocycles. The zero-order valence-corrected chi connectivity index (χ0v) is 10.5. The van der Waals surface area contributed by atoms with E-state index in [1.807, 2.05) is 6.20 Å². The molecule has 2 aromatic rings. The lowest BCUT2D eigenvalue weighted by Crippen LogP contribution is -2.31. The molecule has 1 aromatic carbocycles. The van der Waals surface area contributed by atoms with E-state index < -0.39 is 0 Å². The van der Waals surface area contributed by atoms with E-state index in [-0.39, 0.29) is 11.9 Å². The molecule has 1 unspecified atom stereocenters. The molecule has 1 aromatic heterocycles. The van der Waals surface area contributed by atoms with Crippen LogP contribution in [0.4, 0.5) is 5.69 Å². The predicted octanol–water partition coefficient (Wildman–Crippen LogP) is 1.80. The molecule has 0 aliphatic heterocycles. The highest BCUT2D eigenvalue weighted by molar-refractivity contribution is 5.95. The molecule has 5 heteroatoms. The third-order valence-electron chi connectivity index (χ3n) is 3.49. The van der Waals surface area contributed by atoms with Gasteiger partial charge in [-0.3, -0.25) is 9.89 Å². The molecule has 1 heterocycles. The quantitative estimate of drug-likeness (QED) is 0.716. The number of H-pyrrole nitrogens is 1. The Morgan fingerprint density at radius 1 is 1.47 bits per heavy atom. The van der Waals surface area contributed by atoms with Gasteiger partial charge in [0, 0.05) is 11.3 Å². The van der Waals surface area contributed by atoms with Crippen LogP contribution >= 0.6 is 0 Å². The van der Waals surface area contributed by atoms with E-state index in [0.717, 1.165) is 25.0 Å². The second kappa shape index (κ2) is 4.76. The van der Waals surface area contributed by atoms with Crippen LogP contribution in [0.5, 0.6) is 0 Å². The van der Waals surface area contributed by atoms with Crippen molar-refractivity contribution in [3.8, 4) is 0 Å². The number of hydrogen-bond donors (Lipinski definition) is 3. The Balaban J connectivity index is 1.78. The maximum absolute atomic E-state index is 12.2. The number of carbonyl (C=O) groups is 1. The van der Waals surface area contributed by atoms with Crippen molar-refractivity contribution >= 4 is 11.6 Å². The molecule has 0 saturated heterocycles. The molecule has 98 valence electrons. The van der Waals surface area contributed by atoms with Gasteiger partial charge in [0.15, 0.2) is 0 Å². The molecule has 4 N–H and O–H groups in total. The van der Waals surface area contributed by atoms with Gasteiger partial charge in [0.1, 0.15) is 0 Å². The van der Waals surface area contributed by atoms with Crippen molar-refractivity contribution in [1.29, 1.82) is 0 Å². The number of rotatable bonds is 2. The summed E-state index contributed by atoms with van der Waals surface area (Å²) in [7, 11) is 0. The topological polar surface area (TPSA) is 83.8 Å². The number of aromatic nitrogens is 2. The second-order valence-electron chi connectivity index (χ2n) is 4.85. The van der Waals surface area contributed by atoms with Crippen molar-refractivity contribution < 1.29 is 4.79 Å². The minimum absolute atomic E-state index is 0.0141. The summed E-state index contributed by atoms with van der Waals surface area (Å²) in [5.41, 5.74) is 9.11. The second-order valence-corrected chi connectivity index (χ2v) is 4.85. The van der Waals surface area contributed by atoms with Crippen molar-refractivity contribution in [3.63, 3.8) is 0 Å². The Morgan fingerprint density at radius 3 is 3.21 bits per heavy atom. The summed E-state index contributed by atoms with van der Waals surface area (Å²) in [5, 5.41) is 10.1. The van der Waals surface area contributed by atoms with Crippen molar-refractivity contribution in [1.82, 2.24) is 15.5 Å². The fourth-order valence-corrected chi connectivity index (χ4v) is 2.53. The van der Waals surface area contributed by atoms with E-state index in [0.29, 0.717) is 11.3 Å². The van der Waals surface area contributed by atoms with E-state index in [4.69, 9.17) is 5.73 Å². The first-order valence-electron chi connectivity index (χ1n) is 6.42. The molecule has 1 aliphatic rings. The number of carbonyl (C=O) groups excluding carboxylic acids is 1. The minimum atomic E-state index is -0.0975. The molecule has 3 rings (SSSR count). The average Bonchev–Trinajstić information content (AvgIpc) is 2.88. The zero-order valence-electron chi connectivity index (χ0n) is 10.5. The van der Waals surface area contributed by atoms with Gasteiger partial charge in [-0.1, -0.05) is 6.07 Å². The number of nitrogens with one attached hydrogen (secondary N) is 2. The number of nitrogens with two attached hydrogens (primary N) is 1. The lowest BCUT2D eigenvalue weighted by molar-refractivity contribution is 0.0932. The fraction of sp³-hybridized carbons (Fsp3) is 0.286. The number of aromatic amines is 1. The Labute approximate surface area is 111 Å². The van der Waals surface area contributed by atoms with Crippen LogP contribution in [-0.4, -0.2) is 16.1 Å². The Kier molecular flexibility index (Phi) is 2.95. The van der Waals surface area contributed by atoms with Crippen LogP contribution in [0.1, 0.15) is 40.5 Å². The normalized spacial score (nSPS) is 17.8. The van der Waals surface area contributed by atoms with Crippen LogP contribution in [0.3, 0.4) is 0 Å². The smallest absolute Gasteiger partial charge is 0.251 e. The van der Waals surface area contributed by atoms with Gasteiger partial charge in [-0.15, -0.1) is 0 Å². The molecule has 0 saturated carbocycles. The monoisotopic (exact) mass is 256 g/mol. The van der Waals surface area contributed by atoms with Crippen molar-refractivity contribution in [3.05, 3.63) is 47.3 Å². The molecule has 19 heavy (non-hydrogen) atoms. The van der Waals surface area contributed by atoms with Gasteiger partial charge in [0.05, 0.1) is 17.9 Å². The number of hydrogen-bond acceptors (Lipinski definition) is 3. The SMILES string of the molecule is Nc1cccc(C(=O)NC2CCCc3cn[nH]c32)c1. The lowest BCUT2D eigenvalue weighted by atomic mass is 9.93. The Hall–Kier alpha value is -2.30. The van der Waals surface area contributed by atoms with Gasteiger partial charge in [-0.2, -0.15) is 5.10 Å². The minimum Gasteiger partial charge on any atom is -0.399 e. The van der Waals surface area contributed by atoms with Gasteiger partial charge in [0.25, 0.3) is 5.91 Å². The molecular formula is C14H16N4O. The van der Waals surface area contributed by atoms with Crippen LogP contribution in [0, 0.1) is 0 Å². The van der Waals surface area contributed by atoms with E-state index in [2.05, 4.69) is 15.5 Å². The van der Waals surface area contributed by atoms with Crippen LogP contribution < -0.4 is 11.1 Å². The third kappa shape index (κ3) is 2.31. The number of amides is 1. The van der Waals surface area contributed by atoms with Gasteiger partial charge in [0.2, 0.25) is 0 Å². The molecule has 0 bridgehead atoms. The molecule has 1 amide bonds. The first kappa shape index (κ1) is 11.8. The number of anilines is 1. The largest absolute Gasteiger partial charge is 0.399 e. The van der Waals surface area contributed by atoms with Crippen LogP contribution in [0.15, 0.2) is 30.5 Å². The van der Waals surface area contributed by atoms with E-state index >= 15 is 0 Å². The number of benzene rings is 1. The van der Waals surface area contributed by atoms with Crippen molar-refractivity contribution in [2.45, 2.75) is 25.3 Å². The van der Waals surface area contributed by atoms with Crippen LogP contribution in [0.25, 0.3) is 0 Å². The number of fused-ring (bicyclic) bond motifs is 1. The standard InChI is InChI=1S/C14H16N4O/c15-11-5-1-3-9(7-11)14(19)17-12-6-2-4-10-8-16-18-13(10)12/h1,3,5,7-8,12H,2,4,6,15H2,(H,16,18)(H,17,19). The summed E-state index contributed by atoms with van der Waals surface area (Å²) < 4.78 is 0. The summed E-state index contributed by atoms with van der Waals surface area (Å²) in [6.07, 6.45) is 4.86. The first-order valence-corrected chi connectivity index (χ1v) is 6.42. The molecule has 0 fully saturated rings. The van der Waals surface area contributed by atoms with Gasteiger partial charge < -0.3 is 11.1 Å². The summed E-state index contributed by atoms with van der Waals surface area (Å²) >= 11 is 0. The van der Waals surface area contributed by atoms with Gasteiger partial charge >= 0.3 is 0 Å². The highest BCUT2D eigenvalue weighted by atomic mass is 16.1. The molecule has 1 atom stereocenters. The molecule has 0 spiro atoms. The van der Waals surface area contributed by atoms with E-state index in [1.54, 1.807) is 24.3 Å². The molecule has 5 nitrogen and oxygen atoms in total. The van der Waals surface area contributed by atoms with Crippen LogP contribution in [0.2, 0.25) is 0 Å². The molecular weight excluding hydrogens is 240 g/mol. The summed E-state index contributed by atoms with van der Waals surface area (Å²) in [6.45, 7) is 0. The van der Waals surface area contributed by atoms with Gasteiger partial charge in [-0.05, 0) is 43.0 Å². The predicted molar refractivity (Wildman–Crippen MR) is 72.6 cm³/mol. The van der Waals surface area contributed by atoms with Crippen LogP contribution in [-0.2, 0) is 6.42 Å². The van der Waals surface area contributed by atoms with Crippen molar-refractivity contribution in [2.24, 2.45) is 0 Å². The summed E-state index contributed by atoms with van der Waals surface area (Å²) in [4.78, 5) is 12.2. The average molecular weight is 256 g/mol. The number of nitrogen functional groups attached to an aromatic ring is 1. The molecule has 0 radical (unpaired) electrons. The highest BCUT2D eigenvalue weighted by Crippen LogP contribution is 2.27. The van der Waals surface area contributed by atoms with Gasteiger partial charge in [-0.25, -0.2) is 0 Å². The van der Waals surface area contributed by atoms with Crippen molar-refractivity contribution in [2.75, 3.05) is 5.73 Å². The highest BCUT2D eigenvalue weighted by Gasteiger charge is 2.23. The van der Waals surface area contributed by atoms with E-state index in [1.165, 1.54) is 5.56 Å². The maximum atomic E-state index is 12.2.